The molecule has 0 saturated carbocycles. The van der Waals surface area contributed by atoms with Crippen LogP contribution in [0.1, 0.15) is 19.3 Å². The number of imide groups is 1. The van der Waals surface area contributed by atoms with Gasteiger partial charge in [-0.15, -0.1) is 0 Å². The maximum atomic E-state index is 13.2. The van der Waals surface area contributed by atoms with Gasteiger partial charge in [0.25, 0.3) is 5.91 Å². The zero-order valence-corrected chi connectivity index (χ0v) is 11.7. The third-order valence-electron chi connectivity index (χ3n) is 3.16. The number of amides is 3. The average molecular weight is 309 g/mol. The molecule has 0 aromatic heterocycles. The highest BCUT2D eigenvalue weighted by atomic mass is 19.1. The number of carbonyl (C=O) groups excluding carboxylic acids is 3. The molecule has 0 aliphatic carbocycles. The second-order valence-corrected chi connectivity index (χ2v) is 4.82. The molecule has 1 heterocycles. The number of aliphatic hydroxyl groups is 1. The summed E-state index contributed by atoms with van der Waals surface area (Å²) in [6.45, 7) is -0.110. The molecule has 3 amide bonds. The van der Waals surface area contributed by atoms with Gasteiger partial charge in [-0.3, -0.25) is 19.8 Å². The smallest absolute Gasteiger partial charge is 0.253 e. The molecule has 1 aliphatic heterocycles. The van der Waals surface area contributed by atoms with Crippen LogP contribution in [-0.4, -0.2) is 35.5 Å². The Bertz CT molecular complexity index is 593. The molecule has 8 heteroatoms. The van der Waals surface area contributed by atoms with Gasteiger partial charge in [0.05, 0.1) is 12.1 Å². The van der Waals surface area contributed by atoms with Gasteiger partial charge in [-0.2, -0.15) is 0 Å². The molecule has 1 atom stereocenters. The number of hydrogen-bond acceptors (Lipinski definition) is 5. The van der Waals surface area contributed by atoms with Gasteiger partial charge in [-0.25, -0.2) is 14.7 Å². The molecule has 1 aliphatic rings. The quantitative estimate of drug-likeness (QED) is 0.501. The lowest BCUT2D eigenvalue weighted by molar-refractivity contribution is -0.123. The van der Waals surface area contributed by atoms with Crippen molar-refractivity contribution in [3.8, 4) is 0 Å². The third kappa shape index (κ3) is 3.66. The van der Waals surface area contributed by atoms with Crippen LogP contribution in [0.25, 0.3) is 0 Å². The Kier molecular flexibility index (Phi) is 5.18. The molecule has 0 bridgehead atoms. The fourth-order valence-corrected chi connectivity index (χ4v) is 2.10. The second kappa shape index (κ2) is 7.10. The standard InChI is InChI=1S/C14H16FN3O4/c15-9-3-1-4-10(7-9)18-13(21)8-11(14(18)22)16-17-12(20)5-2-6-19/h1,3-4,7,11,16,19H,2,5-6,8H2,(H,17,20)/t11-/m0/s1. The van der Waals surface area contributed by atoms with Crippen LogP contribution in [0, 0.1) is 5.82 Å². The minimum Gasteiger partial charge on any atom is -0.396 e. The Morgan fingerprint density at radius 1 is 1.41 bits per heavy atom. The topological polar surface area (TPSA) is 98.7 Å². The highest BCUT2D eigenvalue weighted by molar-refractivity contribution is 6.22. The summed E-state index contributed by atoms with van der Waals surface area (Å²) < 4.78 is 13.2. The van der Waals surface area contributed by atoms with E-state index in [1.165, 1.54) is 18.2 Å². The fraction of sp³-hybridized carbons (Fsp3) is 0.357. The number of hydrogen-bond donors (Lipinski definition) is 3. The van der Waals surface area contributed by atoms with E-state index in [1.807, 2.05) is 0 Å². The van der Waals surface area contributed by atoms with Crippen LogP contribution >= 0.6 is 0 Å². The van der Waals surface area contributed by atoms with Crippen molar-refractivity contribution in [3.05, 3.63) is 30.1 Å². The molecule has 0 spiro atoms. The van der Waals surface area contributed by atoms with E-state index in [0.717, 1.165) is 11.0 Å². The first kappa shape index (κ1) is 16.1. The molecule has 22 heavy (non-hydrogen) atoms. The van der Waals surface area contributed by atoms with E-state index in [1.54, 1.807) is 0 Å². The van der Waals surface area contributed by atoms with Gasteiger partial charge in [0.1, 0.15) is 11.9 Å². The molecule has 0 unspecified atom stereocenters. The number of anilines is 1. The molecule has 1 fully saturated rings. The molecular formula is C14H16FN3O4. The molecule has 1 saturated heterocycles. The first-order valence-corrected chi connectivity index (χ1v) is 6.80. The molecule has 7 nitrogen and oxygen atoms in total. The van der Waals surface area contributed by atoms with Crippen molar-refractivity contribution < 1.29 is 23.9 Å². The Hall–Kier alpha value is -2.32. The van der Waals surface area contributed by atoms with Crippen molar-refractivity contribution in [1.82, 2.24) is 10.9 Å². The van der Waals surface area contributed by atoms with Gasteiger partial charge >= 0.3 is 0 Å². The van der Waals surface area contributed by atoms with Gasteiger partial charge in [0.15, 0.2) is 0 Å². The largest absolute Gasteiger partial charge is 0.396 e. The Morgan fingerprint density at radius 3 is 2.86 bits per heavy atom. The van der Waals surface area contributed by atoms with Crippen molar-refractivity contribution in [2.75, 3.05) is 11.5 Å². The molecule has 0 radical (unpaired) electrons. The van der Waals surface area contributed by atoms with Crippen LogP contribution < -0.4 is 15.8 Å². The van der Waals surface area contributed by atoms with Crippen molar-refractivity contribution in [2.24, 2.45) is 0 Å². The highest BCUT2D eigenvalue weighted by Crippen LogP contribution is 2.23. The number of rotatable bonds is 6. The molecule has 1 aromatic carbocycles. The monoisotopic (exact) mass is 309 g/mol. The van der Waals surface area contributed by atoms with Crippen molar-refractivity contribution in [3.63, 3.8) is 0 Å². The summed E-state index contributed by atoms with van der Waals surface area (Å²) >= 11 is 0. The van der Waals surface area contributed by atoms with Gasteiger partial charge in [-0.05, 0) is 24.6 Å². The first-order chi connectivity index (χ1) is 10.5. The van der Waals surface area contributed by atoms with Crippen molar-refractivity contribution >= 4 is 23.4 Å². The number of nitrogens with one attached hydrogen (secondary N) is 2. The number of nitrogens with zero attached hydrogens (tertiary/aromatic N) is 1. The van der Waals surface area contributed by atoms with E-state index in [-0.39, 0.29) is 25.1 Å². The van der Waals surface area contributed by atoms with Crippen LogP contribution in [0.15, 0.2) is 24.3 Å². The van der Waals surface area contributed by atoms with Gasteiger partial charge in [0.2, 0.25) is 11.8 Å². The van der Waals surface area contributed by atoms with E-state index in [4.69, 9.17) is 5.11 Å². The molecule has 118 valence electrons. The summed E-state index contributed by atoms with van der Waals surface area (Å²) in [4.78, 5) is 36.4. The lowest BCUT2D eigenvalue weighted by Crippen LogP contribution is -2.48. The van der Waals surface area contributed by atoms with Crippen LogP contribution in [0.3, 0.4) is 0 Å². The number of hydrazine groups is 1. The number of carbonyl (C=O) groups is 3. The molecular weight excluding hydrogens is 293 g/mol. The summed E-state index contributed by atoms with van der Waals surface area (Å²) in [5.41, 5.74) is 4.98. The summed E-state index contributed by atoms with van der Waals surface area (Å²) in [7, 11) is 0. The molecule has 3 N–H and O–H groups in total. The molecule has 1 aromatic rings. The SMILES string of the molecule is O=C(CCCO)NN[C@H]1CC(=O)N(c2cccc(F)c2)C1=O. The maximum Gasteiger partial charge on any atom is 0.253 e. The van der Waals surface area contributed by atoms with Crippen LogP contribution in [0.2, 0.25) is 0 Å². The van der Waals surface area contributed by atoms with E-state index in [9.17, 15) is 18.8 Å². The average Bonchev–Trinajstić information content (AvgIpc) is 2.77. The van der Waals surface area contributed by atoms with Gasteiger partial charge in [-0.1, -0.05) is 6.07 Å². The second-order valence-electron chi connectivity index (χ2n) is 4.82. The van der Waals surface area contributed by atoms with Crippen LogP contribution in [0.4, 0.5) is 10.1 Å². The predicted molar refractivity (Wildman–Crippen MR) is 74.9 cm³/mol. The van der Waals surface area contributed by atoms with Gasteiger partial charge in [0, 0.05) is 13.0 Å². The zero-order chi connectivity index (χ0) is 16.1. The van der Waals surface area contributed by atoms with E-state index in [0.29, 0.717) is 6.42 Å². The van der Waals surface area contributed by atoms with Gasteiger partial charge < -0.3 is 5.11 Å². The number of benzene rings is 1. The fourth-order valence-electron chi connectivity index (χ4n) is 2.10. The zero-order valence-electron chi connectivity index (χ0n) is 11.7. The summed E-state index contributed by atoms with van der Waals surface area (Å²) in [5, 5.41) is 8.62. The van der Waals surface area contributed by atoms with Crippen molar-refractivity contribution in [2.45, 2.75) is 25.3 Å². The van der Waals surface area contributed by atoms with Crippen molar-refractivity contribution in [1.29, 1.82) is 0 Å². The highest BCUT2D eigenvalue weighted by Gasteiger charge is 2.39. The summed E-state index contributed by atoms with van der Waals surface area (Å²) in [6, 6.07) is 4.28. The minimum absolute atomic E-state index is 0.103. The Morgan fingerprint density at radius 2 is 2.18 bits per heavy atom. The number of aliphatic hydroxyl groups excluding tert-OH is 1. The normalized spacial score (nSPS) is 17.9. The Balaban J connectivity index is 1.98. The predicted octanol–water partition coefficient (Wildman–Crippen LogP) is -0.149. The maximum absolute atomic E-state index is 13.2. The lowest BCUT2D eigenvalue weighted by Gasteiger charge is -2.15. The third-order valence-corrected chi connectivity index (χ3v) is 3.16. The Labute approximate surface area is 126 Å². The summed E-state index contributed by atoms with van der Waals surface area (Å²) in [5.74, 6) is -1.97. The lowest BCUT2D eigenvalue weighted by atomic mass is 10.2. The van der Waals surface area contributed by atoms with E-state index >= 15 is 0 Å². The van der Waals surface area contributed by atoms with Crippen LogP contribution in [-0.2, 0) is 14.4 Å². The first-order valence-electron chi connectivity index (χ1n) is 6.80. The van der Waals surface area contributed by atoms with E-state index in [2.05, 4.69) is 10.9 Å². The summed E-state index contributed by atoms with van der Waals surface area (Å²) in [6.07, 6.45) is 0.280. The van der Waals surface area contributed by atoms with E-state index < -0.39 is 29.6 Å². The molecule has 2 rings (SSSR count). The number of halogens is 1. The minimum atomic E-state index is -0.895. The van der Waals surface area contributed by atoms with Crippen LogP contribution in [0.5, 0.6) is 0 Å².